The molecule has 1 atom stereocenters. The Morgan fingerprint density at radius 1 is 1.58 bits per heavy atom. The predicted octanol–water partition coefficient (Wildman–Crippen LogP) is 0.542. The van der Waals surface area contributed by atoms with Gasteiger partial charge in [0, 0.05) is 18.5 Å². The highest BCUT2D eigenvalue weighted by molar-refractivity contribution is 5.86. The molecule has 0 aliphatic rings. The van der Waals surface area contributed by atoms with Gasteiger partial charge in [-0.25, -0.2) is 4.79 Å². The summed E-state index contributed by atoms with van der Waals surface area (Å²) in [6.45, 7) is 6.47. The summed E-state index contributed by atoms with van der Waals surface area (Å²) in [5.74, 6) is -1.19. The van der Waals surface area contributed by atoms with E-state index in [2.05, 4.69) is 11.9 Å². The molecule has 0 aliphatic heterocycles. The Morgan fingerprint density at radius 2 is 2.08 bits per heavy atom. The first kappa shape index (κ1) is 10.7. The Bertz CT molecular complexity index is 210. The third-order valence-electron chi connectivity index (χ3n) is 1.30. The zero-order chi connectivity index (χ0) is 9.72. The van der Waals surface area contributed by atoms with Crippen molar-refractivity contribution >= 4 is 11.9 Å². The normalized spacial score (nSPS) is 11.8. The Morgan fingerprint density at radius 3 is 2.42 bits per heavy atom. The van der Waals surface area contributed by atoms with Crippen LogP contribution in [0.1, 0.15) is 20.3 Å². The SMILES string of the molecule is C=C(C[C@H](C)NC(C)=O)C(=O)O. The maximum atomic E-state index is 10.5. The average molecular weight is 171 g/mol. The van der Waals surface area contributed by atoms with Crippen LogP contribution >= 0.6 is 0 Å². The molecule has 0 saturated carbocycles. The van der Waals surface area contributed by atoms with Gasteiger partial charge in [0.15, 0.2) is 0 Å². The molecule has 68 valence electrons. The second-order valence-electron chi connectivity index (χ2n) is 2.71. The molecular formula is C8H13NO3. The van der Waals surface area contributed by atoms with Crippen molar-refractivity contribution in [3.63, 3.8) is 0 Å². The van der Waals surface area contributed by atoms with Crippen molar-refractivity contribution in [3.05, 3.63) is 12.2 Å². The Labute approximate surface area is 71.3 Å². The molecule has 0 fully saturated rings. The highest BCUT2D eigenvalue weighted by Gasteiger charge is 2.09. The van der Waals surface area contributed by atoms with E-state index in [-0.39, 0.29) is 23.9 Å². The van der Waals surface area contributed by atoms with Gasteiger partial charge in [0.25, 0.3) is 0 Å². The van der Waals surface area contributed by atoms with Crippen molar-refractivity contribution in [2.24, 2.45) is 0 Å². The first-order chi connectivity index (χ1) is 5.43. The fourth-order valence-electron chi connectivity index (χ4n) is 0.855. The van der Waals surface area contributed by atoms with Gasteiger partial charge in [0.1, 0.15) is 0 Å². The van der Waals surface area contributed by atoms with E-state index in [1.165, 1.54) is 6.92 Å². The molecule has 1 amide bonds. The van der Waals surface area contributed by atoms with E-state index in [1.54, 1.807) is 6.92 Å². The number of hydrogen-bond donors (Lipinski definition) is 2. The first-order valence-corrected chi connectivity index (χ1v) is 3.61. The minimum atomic E-state index is -1.02. The number of aliphatic carboxylic acids is 1. The summed E-state index contributed by atoms with van der Waals surface area (Å²) >= 11 is 0. The van der Waals surface area contributed by atoms with Crippen molar-refractivity contribution < 1.29 is 14.7 Å². The van der Waals surface area contributed by atoms with Crippen molar-refractivity contribution in [2.75, 3.05) is 0 Å². The van der Waals surface area contributed by atoms with Crippen LogP contribution in [0, 0.1) is 0 Å². The minimum absolute atomic E-state index is 0.108. The lowest BCUT2D eigenvalue weighted by molar-refractivity contribution is -0.133. The summed E-state index contributed by atoms with van der Waals surface area (Å²) in [5, 5.41) is 11.0. The van der Waals surface area contributed by atoms with Gasteiger partial charge in [-0.05, 0) is 13.3 Å². The number of carboxylic acid groups (broad SMARTS) is 1. The van der Waals surface area contributed by atoms with E-state index >= 15 is 0 Å². The predicted molar refractivity (Wildman–Crippen MR) is 44.7 cm³/mol. The van der Waals surface area contributed by atoms with E-state index < -0.39 is 5.97 Å². The molecular weight excluding hydrogens is 158 g/mol. The van der Waals surface area contributed by atoms with Crippen LogP contribution in [0.5, 0.6) is 0 Å². The van der Waals surface area contributed by atoms with Gasteiger partial charge < -0.3 is 10.4 Å². The molecule has 4 heteroatoms. The summed E-state index contributed by atoms with van der Waals surface area (Å²) in [6.07, 6.45) is 0.273. The molecule has 2 N–H and O–H groups in total. The monoisotopic (exact) mass is 171 g/mol. The zero-order valence-electron chi connectivity index (χ0n) is 7.26. The minimum Gasteiger partial charge on any atom is -0.478 e. The van der Waals surface area contributed by atoms with Crippen LogP contribution in [0.25, 0.3) is 0 Å². The van der Waals surface area contributed by atoms with E-state index in [0.717, 1.165) is 0 Å². The van der Waals surface area contributed by atoms with Crippen LogP contribution in [0.2, 0.25) is 0 Å². The summed E-state index contributed by atoms with van der Waals surface area (Å²) in [6, 6.07) is -0.175. The summed E-state index contributed by atoms with van der Waals surface area (Å²) in [4.78, 5) is 20.8. The number of nitrogens with one attached hydrogen (secondary N) is 1. The molecule has 0 aromatic rings. The molecule has 0 aliphatic carbocycles. The molecule has 0 aromatic carbocycles. The van der Waals surface area contributed by atoms with E-state index in [9.17, 15) is 9.59 Å². The number of carboxylic acids is 1. The highest BCUT2D eigenvalue weighted by Crippen LogP contribution is 2.02. The Kier molecular flexibility index (Phi) is 4.04. The maximum absolute atomic E-state index is 10.5. The number of hydrogen-bond acceptors (Lipinski definition) is 2. The van der Waals surface area contributed by atoms with Crippen LogP contribution in [0.3, 0.4) is 0 Å². The summed E-state index contributed by atoms with van der Waals surface area (Å²) in [7, 11) is 0. The van der Waals surface area contributed by atoms with Crippen molar-refractivity contribution in [1.82, 2.24) is 5.32 Å². The fraction of sp³-hybridized carbons (Fsp3) is 0.500. The molecule has 0 rings (SSSR count). The lowest BCUT2D eigenvalue weighted by atomic mass is 10.1. The molecule has 0 unspecified atom stereocenters. The van der Waals surface area contributed by atoms with Crippen LogP contribution in [-0.4, -0.2) is 23.0 Å². The fourth-order valence-corrected chi connectivity index (χ4v) is 0.855. The second kappa shape index (κ2) is 4.54. The molecule has 0 aromatic heterocycles. The molecule has 0 radical (unpaired) electrons. The van der Waals surface area contributed by atoms with Gasteiger partial charge in [-0.3, -0.25) is 4.79 Å². The maximum Gasteiger partial charge on any atom is 0.331 e. The molecule has 0 saturated heterocycles. The summed E-state index contributed by atoms with van der Waals surface area (Å²) in [5.41, 5.74) is 0.108. The third-order valence-corrected chi connectivity index (χ3v) is 1.30. The Balaban J connectivity index is 3.84. The number of carbonyl (C=O) groups is 2. The van der Waals surface area contributed by atoms with Gasteiger partial charge >= 0.3 is 5.97 Å². The zero-order valence-corrected chi connectivity index (χ0v) is 7.26. The lowest BCUT2D eigenvalue weighted by Crippen LogP contribution is -2.31. The number of rotatable bonds is 4. The first-order valence-electron chi connectivity index (χ1n) is 3.61. The standard InChI is InChI=1S/C8H13NO3/c1-5(8(11)12)4-6(2)9-7(3)10/h6H,1,4H2,2-3H3,(H,9,10)(H,11,12)/t6-/m0/s1. The molecule has 0 bridgehead atoms. The van der Waals surface area contributed by atoms with Crippen LogP contribution in [-0.2, 0) is 9.59 Å². The van der Waals surface area contributed by atoms with Gasteiger partial charge in [0.2, 0.25) is 5.91 Å². The van der Waals surface area contributed by atoms with E-state index in [1.807, 2.05) is 0 Å². The molecule has 12 heavy (non-hydrogen) atoms. The van der Waals surface area contributed by atoms with Crippen LogP contribution < -0.4 is 5.32 Å². The average Bonchev–Trinajstić information content (AvgIpc) is 1.84. The van der Waals surface area contributed by atoms with E-state index in [0.29, 0.717) is 0 Å². The lowest BCUT2D eigenvalue weighted by Gasteiger charge is -2.11. The van der Waals surface area contributed by atoms with Gasteiger partial charge in [-0.1, -0.05) is 6.58 Å². The van der Waals surface area contributed by atoms with Crippen LogP contribution in [0.15, 0.2) is 12.2 Å². The van der Waals surface area contributed by atoms with Gasteiger partial charge in [0.05, 0.1) is 0 Å². The molecule has 4 nitrogen and oxygen atoms in total. The Hall–Kier alpha value is -1.32. The van der Waals surface area contributed by atoms with Crippen molar-refractivity contribution in [2.45, 2.75) is 26.3 Å². The second-order valence-corrected chi connectivity index (χ2v) is 2.71. The number of amides is 1. The topological polar surface area (TPSA) is 66.4 Å². The van der Waals surface area contributed by atoms with E-state index in [4.69, 9.17) is 5.11 Å². The van der Waals surface area contributed by atoms with Crippen LogP contribution in [0.4, 0.5) is 0 Å². The smallest absolute Gasteiger partial charge is 0.331 e. The summed E-state index contributed by atoms with van der Waals surface area (Å²) < 4.78 is 0. The number of carbonyl (C=O) groups excluding carboxylic acids is 1. The quantitative estimate of drug-likeness (QED) is 0.607. The van der Waals surface area contributed by atoms with Gasteiger partial charge in [-0.15, -0.1) is 0 Å². The highest BCUT2D eigenvalue weighted by atomic mass is 16.4. The van der Waals surface area contributed by atoms with Gasteiger partial charge in [-0.2, -0.15) is 0 Å². The van der Waals surface area contributed by atoms with Crippen molar-refractivity contribution in [1.29, 1.82) is 0 Å². The largest absolute Gasteiger partial charge is 0.478 e. The van der Waals surface area contributed by atoms with Crippen molar-refractivity contribution in [3.8, 4) is 0 Å². The molecule has 0 spiro atoms. The molecule has 0 heterocycles. The third kappa shape index (κ3) is 4.49.